The summed E-state index contributed by atoms with van der Waals surface area (Å²) in [5, 5.41) is 3.19. The Bertz CT molecular complexity index is 1030. The maximum atomic E-state index is 13.2. The van der Waals surface area contributed by atoms with Crippen LogP contribution in [0.3, 0.4) is 0 Å². The zero-order valence-electron chi connectivity index (χ0n) is 20.5. The third-order valence-corrected chi connectivity index (χ3v) is 7.24. The maximum Gasteiger partial charge on any atom is 0.228 e. The van der Waals surface area contributed by atoms with Crippen LogP contribution in [-0.4, -0.2) is 42.3 Å². The molecule has 2 aliphatic heterocycles. The molecule has 6 heteroatoms. The van der Waals surface area contributed by atoms with E-state index in [2.05, 4.69) is 31.3 Å². The second kappa shape index (κ2) is 10.4. The van der Waals surface area contributed by atoms with E-state index in [4.69, 9.17) is 0 Å². The van der Waals surface area contributed by atoms with Crippen LogP contribution in [0.15, 0.2) is 42.5 Å². The molecule has 1 atom stereocenters. The quantitative estimate of drug-likeness (QED) is 0.695. The van der Waals surface area contributed by atoms with Crippen LogP contribution in [0.25, 0.3) is 0 Å². The standard InChI is InChI=1S/C28H35N3O3/c1-4-20-7-6-8-21(5-2)26(20)29-27(33)22-13-15-30(16-14-22)28(34)23-17-25(32)31(18-23)24-11-9-19(3)10-12-24/h6-12,22-23H,4-5,13-18H2,1-3H3,(H,29,33)/t23-/m0/s1. The van der Waals surface area contributed by atoms with Gasteiger partial charge in [-0.2, -0.15) is 0 Å². The molecule has 0 aliphatic carbocycles. The molecule has 0 aromatic heterocycles. The van der Waals surface area contributed by atoms with Crippen molar-refractivity contribution in [1.82, 2.24) is 4.90 Å². The zero-order chi connectivity index (χ0) is 24.2. The van der Waals surface area contributed by atoms with E-state index in [9.17, 15) is 14.4 Å². The van der Waals surface area contributed by atoms with Crippen LogP contribution in [0, 0.1) is 18.8 Å². The summed E-state index contributed by atoms with van der Waals surface area (Å²) in [5.74, 6) is -0.343. The van der Waals surface area contributed by atoms with Gasteiger partial charge in [0.1, 0.15) is 0 Å². The Labute approximate surface area is 202 Å². The Morgan fingerprint density at radius 2 is 1.56 bits per heavy atom. The lowest BCUT2D eigenvalue weighted by atomic mass is 9.94. The molecule has 0 saturated carbocycles. The van der Waals surface area contributed by atoms with Crippen LogP contribution in [0.2, 0.25) is 0 Å². The Morgan fingerprint density at radius 1 is 0.941 bits per heavy atom. The number of piperidine rings is 1. The number of aryl methyl sites for hydroxylation is 3. The third kappa shape index (κ3) is 5.01. The van der Waals surface area contributed by atoms with Crippen LogP contribution < -0.4 is 10.2 Å². The fourth-order valence-corrected chi connectivity index (χ4v) is 5.10. The minimum Gasteiger partial charge on any atom is -0.342 e. The number of amides is 3. The summed E-state index contributed by atoms with van der Waals surface area (Å²) in [4.78, 5) is 42.3. The molecule has 0 radical (unpaired) electrons. The van der Waals surface area contributed by atoms with Gasteiger partial charge in [-0.25, -0.2) is 0 Å². The first-order valence-electron chi connectivity index (χ1n) is 12.5. The highest BCUT2D eigenvalue weighted by Gasteiger charge is 2.38. The first kappa shape index (κ1) is 24.0. The number of hydrogen-bond donors (Lipinski definition) is 1. The van der Waals surface area contributed by atoms with Gasteiger partial charge in [-0.1, -0.05) is 49.7 Å². The molecule has 34 heavy (non-hydrogen) atoms. The topological polar surface area (TPSA) is 69.7 Å². The van der Waals surface area contributed by atoms with Crippen LogP contribution in [-0.2, 0) is 27.2 Å². The van der Waals surface area contributed by atoms with E-state index in [-0.39, 0.29) is 36.0 Å². The molecule has 2 aromatic carbocycles. The molecular weight excluding hydrogens is 426 g/mol. The van der Waals surface area contributed by atoms with Gasteiger partial charge >= 0.3 is 0 Å². The van der Waals surface area contributed by atoms with Crippen molar-refractivity contribution in [3.63, 3.8) is 0 Å². The monoisotopic (exact) mass is 461 g/mol. The van der Waals surface area contributed by atoms with E-state index in [1.807, 2.05) is 42.2 Å². The number of carbonyl (C=O) groups excluding carboxylic acids is 3. The first-order valence-corrected chi connectivity index (χ1v) is 12.5. The van der Waals surface area contributed by atoms with E-state index in [0.717, 1.165) is 40.9 Å². The van der Waals surface area contributed by atoms with Crippen molar-refractivity contribution >= 4 is 29.1 Å². The lowest BCUT2D eigenvalue weighted by molar-refractivity contribution is -0.138. The van der Waals surface area contributed by atoms with E-state index in [0.29, 0.717) is 32.5 Å². The highest BCUT2D eigenvalue weighted by atomic mass is 16.2. The van der Waals surface area contributed by atoms with E-state index in [1.165, 1.54) is 0 Å². The Kier molecular flexibility index (Phi) is 7.35. The van der Waals surface area contributed by atoms with Gasteiger partial charge in [-0.15, -0.1) is 0 Å². The molecule has 2 fully saturated rings. The Balaban J connectivity index is 1.33. The van der Waals surface area contributed by atoms with Crippen LogP contribution in [0.1, 0.15) is 49.8 Å². The first-order chi connectivity index (χ1) is 16.4. The largest absolute Gasteiger partial charge is 0.342 e. The molecule has 0 unspecified atom stereocenters. The molecule has 3 amide bonds. The zero-order valence-corrected chi connectivity index (χ0v) is 20.5. The van der Waals surface area contributed by atoms with Crippen LogP contribution in [0.4, 0.5) is 11.4 Å². The van der Waals surface area contributed by atoms with Gasteiger partial charge < -0.3 is 15.1 Å². The number of hydrogen-bond acceptors (Lipinski definition) is 3. The van der Waals surface area contributed by atoms with Crippen molar-refractivity contribution in [2.24, 2.45) is 11.8 Å². The van der Waals surface area contributed by atoms with Gasteiger partial charge in [-0.05, 0) is 55.9 Å². The predicted molar refractivity (Wildman–Crippen MR) is 135 cm³/mol. The fraction of sp³-hybridized carbons (Fsp3) is 0.464. The smallest absolute Gasteiger partial charge is 0.228 e. The van der Waals surface area contributed by atoms with E-state index in [1.54, 1.807) is 4.90 Å². The number of anilines is 2. The van der Waals surface area contributed by atoms with Gasteiger partial charge in [0.2, 0.25) is 17.7 Å². The number of benzene rings is 2. The second-order valence-corrected chi connectivity index (χ2v) is 9.49. The number of para-hydroxylation sites is 1. The van der Waals surface area contributed by atoms with Crippen LogP contribution in [0.5, 0.6) is 0 Å². The normalized spacial score (nSPS) is 18.9. The summed E-state index contributed by atoms with van der Waals surface area (Å²) in [6, 6.07) is 14.0. The third-order valence-electron chi connectivity index (χ3n) is 7.24. The van der Waals surface area contributed by atoms with Crippen molar-refractivity contribution < 1.29 is 14.4 Å². The molecule has 0 bridgehead atoms. The summed E-state index contributed by atoms with van der Waals surface area (Å²) >= 11 is 0. The average molecular weight is 462 g/mol. The molecule has 0 spiro atoms. The Hall–Kier alpha value is -3.15. The lowest BCUT2D eigenvalue weighted by Gasteiger charge is -2.33. The SMILES string of the molecule is CCc1cccc(CC)c1NC(=O)C1CCN(C(=O)[C@H]2CC(=O)N(c3ccc(C)cc3)C2)CC1. The number of nitrogens with one attached hydrogen (secondary N) is 1. The highest BCUT2D eigenvalue weighted by Crippen LogP contribution is 2.29. The van der Waals surface area contributed by atoms with Crippen molar-refractivity contribution in [3.05, 3.63) is 59.2 Å². The lowest BCUT2D eigenvalue weighted by Crippen LogP contribution is -2.44. The average Bonchev–Trinajstić information content (AvgIpc) is 3.25. The molecule has 2 heterocycles. The number of nitrogens with zero attached hydrogens (tertiary/aromatic N) is 2. The van der Waals surface area contributed by atoms with Gasteiger partial charge in [-0.3, -0.25) is 14.4 Å². The number of likely N-dealkylation sites (tertiary alicyclic amines) is 1. The van der Waals surface area contributed by atoms with Crippen molar-refractivity contribution in [1.29, 1.82) is 0 Å². The molecule has 1 N–H and O–H groups in total. The molecular formula is C28H35N3O3. The van der Waals surface area contributed by atoms with Crippen LogP contribution >= 0.6 is 0 Å². The Morgan fingerprint density at radius 3 is 2.15 bits per heavy atom. The summed E-state index contributed by atoms with van der Waals surface area (Å²) in [5.41, 5.74) is 5.25. The molecule has 4 rings (SSSR count). The molecule has 6 nitrogen and oxygen atoms in total. The van der Waals surface area contributed by atoms with E-state index >= 15 is 0 Å². The number of carbonyl (C=O) groups is 3. The fourth-order valence-electron chi connectivity index (χ4n) is 5.10. The molecule has 2 aliphatic rings. The predicted octanol–water partition coefficient (Wildman–Crippen LogP) is 4.35. The van der Waals surface area contributed by atoms with Gasteiger partial charge in [0.25, 0.3) is 0 Å². The van der Waals surface area contributed by atoms with Gasteiger partial charge in [0, 0.05) is 43.3 Å². The highest BCUT2D eigenvalue weighted by molar-refractivity contribution is 6.00. The van der Waals surface area contributed by atoms with Crippen molar-refractivity contribution in [2.45, 2.75) is 52.9 Å². The van der Waals surface area contributed by atoms with Gasteiger partial charge in [0.05, 0.1) is 5.92 Å². The van der Waals surface area contributed by atoms with E-state index < -0.39 is 0 Å². The minimum absolute atomic E-state index is 0.00205. The summed E-state index contributed by atoms with van der Waals surface area (Å²) in [6.07, 6.45) is 3.29. The second-order valence-electron chi connectivity index (χ2n) is 9.49. The molecule has 2 saturated heterocycles. The summed E-state index contributed by atoms with van der Waals surface area (Å²) in [6.45, 7) is 7.75. The van der Waals surface area contributed by atoms with Gasteiger partial charge in [0.15, 0.2) is 0 Å². The molecule has 2 aromatic rings. The minimum atomic E-state index is -0.317. The number of rotatable bonds is 6. The van der Waals surface area contributed by atoms with Crippen molar-refractivity contribution in [3.8, 4) is 0 Å². The summed E-state index contributed by atoms with van der Waals surface area (Å²) in [7, 11) is 0. The van der Waals surface area contributed by atoms with Crippen molar-refractivity contribution in [2.75, 3.05) is 29.9 Å². The molecule has 180 valence electrons. The summed E-state index contributed by atoms with van der Waals surface area (Å²) < 4.78 is 0. The maximum absolute atomic E-state index is 13.2.